The van der Waals surface area contributed by atoms with Crippen LogP contribution in [0.4, 0.5) is 5.69 Å². The first kappa shape index (κ1) is 16.5. The van der Waals surface area contributed by atoms with E-state index in [1.54, 1.807) is 48.5 Å². The molecule has 6 heteroatoms. The van der Waals surface area contributed by atoms with Gasteiger partial charge < -0.3 is 5.32 Å². The van der Waals surface area contributed by atoms with E-state index in [1.807, 2.05) is 13.0 Å². The van der Waals surface area contributed by atoms with Gasteiger partial charge in [-0.15, -0.1) is 0 Å². The van der Waals surface area contributed by atoms with Crippen molar-refractivity contribution in [2.24, 2.45) is 11.8 Å². The predicted octanol–water partition coefficient (Wildman–Crippen LogP) is 2.76. The SMILES string of the molecule is CC1CC1C(=O)NCc1ccccc1NS(=O)(=O)c1ccccc1. The molecular weight excluding hydrogens is 324 g/mol. The normalized spacial score (nSPS) is 19.5. The highest BCUT2D eigenvalue weighted by Crippen LogP contribution is 2.37. The monoisotopic (exact) mass is 344 g/mol. The number of benzene rings is 2. The van der Waals surface area contributed by atoms with Crippen molar-refractivity contribution in [1.82, 2.24) is 5.32 Å². The van der Waals surface area contributed by atoms with Crippen molar-refractivity contribution in [3.63, 3.8) is 0 Å². The van der Waals surface area contributed by atoms with Crippen molar-refractivity contribution in [3.05, 3.63) is 60.2 Å². The molecule has 5 nitrogen and oxygen atoms in total. The molecule has 0 bridgehead atoms. The molecule has 3 rings (SSSR count). The van der Waals surface area contributed by atoms with E-state index < -0.39 is 10.0 Å². The third kappa shape index (κ3) is 3.76. The Bertz CT molecular complexity index is 834. The van der Waals surface area contributed by atoms with Crippen molar-refractivity contribution in [2.45, 2.75) is 24.8 Å². The molecule has 0 aromatic heterocycles. The Labute approximate surface area is 142 Å². The van der Waals surface area contributed by atoms with Crippen LogP contribution in [0, 0.1) is 11.8 Å². The molecule has 126 valence electrons. The fourth-order valence-corrected chi connectivity index (χ4v) is 3.70. The van der Waals surface area contributed by atoms with E-state index in [2.05, 4.69) is 10.0 Å². The summed E-state index contributed by atoms with van der Waals surface area (Å²) in [4.78, 5) is 12.2. The summed E-state index contributed by atoms with van der Waals surface area (Å²) >= 11 is 0. The molecule has 24 heavy (non-hydrogen) atoms. The third-order valence-corrected chi connectivity index (χ3v) is 5.60. The molecule has 0 saturated heterocycles. The van der Waals surface area contributed by atoms with Crippen molar-refractivity contribution in [1.29, 1.82) is 0 Å². The summed E-state index contributed by atoms with van der Waals surface area (Å²) in [5.74, 6) is 0.568. The van der Waals surface area contributed by atoms with Gasteiger partial charge >= 0.3 is 0 Å². The van der Waals surface area contributed by atoms with Crippen LogP contribution in [-0.2, 0) is 21.4 Å². The number of hydrogen-bond acceptors (Lipinski definition) is 3. The first-order chi connectivity index (χ1) is 11.5. The molecule has 0 aliphatic heterocycles. The molecule has 2 atom stereocenters. The molecule has 2 aromatic carbocycles. The van der Waals surface area contributed by atoms with Gasteiger partial charge in [0.05, 0.1) is 10.6 Å². The fraction of sp³-hybridized carbons (Fsp3) is 0.278. The van der Waals surface area contributed by atoms with Crippen LogP contribution in [0.2, 0.25) is 0 Å². The lowest BCUT2D eigenvalue weighted by atomic mass is 10.2. The molecule has 1 aliphatic rings. The zero-order chi connectivity index (χ0) is 17.2. The minimum atomic E-state index is -3.65. The maximum absolute atomic E-state index is 12.5. The number of sulfonamides is 1. The second-order valence-corrected chi connectivity index (χ2v) is 7.80. The summed E-state index contributed by atoms with van der Waals surface area (Å²) in [7, 11) is -3.65. The Morgan fingerprint density at radius 1 is 1.08 bits per heavy atom. The van der Waals surface area contributed by atoms with Crippen molar-refractivity contribution < 1.29 is 13.2 Å². The van der Waals surface area contributed by atoms with E-state index in [-0.39, 0.29) is 16.7 Å². The highest BCUT2D eigenvalue weighted by molar-refractivity contribution is 7.92. The topological polar surface area (TPSA) is 75.3 Å². The highest BCUT2D eigenvalue weighted by atomic mass is 32.2. The number of amides is 1. The largest absolute Gasteiger partial charge is 0.352 e. The van der Waals surface area contributed by atoms with Gasteiger partial charge in [0.1, 0.15) is 0 Å². The molecule has 2 unspecified atom stereocenters. The predicted molar refractivity (Wildman–Crippen MR) is 92.8 cm³/mol. The van der Waals surface area contributed by atoms with E-state index in [0.717, 1.165) is 12.0 Å². The fourth-order valence-electron chi connectivity index (χ4n) is 2.58. The number of rotatable bonds is 6. The second-order valence-electron chi connectivity index (χ2n) is 6.11. The van der Waals surface area contributed by atoms with Crippen LogP contribution in [0.25, 0.3) is 0 Å². The summed E-state index contributed by atoms with van der Waals surface area (Å²) < 4.78 is 27.5. The zero-order valence-corrected chi connectivity index (χ0v) is 14.2. The van der Waals surface area contributed by atoms with Gasteiger partial charge in [-0.25, -0.2) is 8.42 Å². The number of nitrogens with one attached hydrogen (secondary N) is 2. The van der Waals surface area contributed by atoms with Gasteiger partial charge in [0, 0.05) is 12.5 Å². The van der Waals surface area contributed by atoms with Crippen LogP contribution < -0.4 is 10.0 Å². The summed E-state index contributed by atoms with van der Waals surface area (Å²) in [6.07, 6.45) is 0.925. The Balaban J connectivity index is 1.73. The number of para-hydroxylation sites is 1. The average molecular weight is 344 g/mol. The lowest BCUT2D eigenvalue weighted by Gasteiger charge is -2.13. The van der Waals surface area contributed by atoms with Gasteiger partial charge in [-0.2, -0.15) is 0 Å². The maximum Gasteiger partial charge on any atom is 0.261 e. The zero-order valence-electron chi connectivity index (χ0n) is 13.4. The molecule has 1 amide bonds. The standard InChI is InChI=1S/C18H20N2O3S/c1-13-11-16(13)18(21)19-12-14-7-5-6-10-17(14)20-24(22,23)15-8-3-2-4-9-15/h2-10,13,16,20H,11-12H2,1H3,(H,19,21). The minimum Gasteiger partial charge on any atom is -0.352 e. The smallest absolute Gasteiger partial charge is 0.261 e. The molecule has 2 N–H and O–H groups in total. The van der Waals surface area contributed by atoms with E-state index in [0.29, 0.717) is 18.2 Å². The number of carbonyl (C=O) groups is 1. The minimum absolute atomic E-state index is 0.0308. The Morgan fingerprint density at radius 2 is 1.71 bits per heavy atom. The molecule has 2 aromatic rings. The van der Waals surface area contributed by atoms with E-state index in [1.165, 1.54) is 0 Å². The lowest BCUT2D eigenvalue weighted by Crippen LogP contribution is -2.25. The molecule has 0 spiro atoms. The van der Waals surface area contributed by atoms with Gasteiger partial charge in [0.2, 0.25) is 5.91 Å². The summed E-state index contributed by atoms with van der Waals surface area (Å²) in [6.45, 7) is 2.35. The van der Waals surface area contributed by atoms with Crippen LogP contribution in [-0.4, -0.2) is 14.3 Å². The van der Waals surface area contributed by atoms with Crippen LogP contribution in [0.1, 0.15) is 18.9 Å². The first-order valence-corrected chi connectivity index (χ1v) is 9.39. The van der Waals surface area contributed by atoms with Gasteiger partial charge in [0.15, 0.2) is 0 Å². The van der Waals surface area contributed by atoms with Gasteiger partial charge in [-0.05, 0) is 36.1 Å². The van der Waals surface area contributed by atoms with Crippen molar-refractivity contribution in [2.75, 3.05) is 4.72 Å². The van der Waals surface area contributed by atoms with E-state index >= 15 is 0 Å². The third-order valence-electron chi connectivity index (χ3n) is 4.21. The van der Waals surface area contributed by atoms with E-state index in [4.69, 9.17) is 0 Å². The van der Waals surface area contributed by atoms with Gasteiger partial charge in [-0.1, -0.05) is 43.3 Å². The van der Waals surface area contributed by atoms with Crippen molar-refractivity contribution >= 4 is 21.6 Å². The maximum atomic E-state index is 12.5. The summed E-state index contributed by atoms with van der Waals surface area (Å²) in [5, 5.41) is 2.88. The Kier molecular flexibility index (Phi) is 4.57. The average Bonchev–Trinajstić information content (AvgIpc) is 3.31. The summed E-state index contributed by atoms with van der Waals surface area (Å²) in [6, 6.07) is 15.3. The van der Waals surface area contributed by atoms with Gasteiger partial charge in [-0.3, -0.25) is 9.52 Å². The van der Waals surface area contributed by atoms with Crippen LogP contribution >= 0.6 is 0 Å². The molecular formula is C18H20N2O3S. The molecule has 0 heterocycles. The number of hydrogen-bond donors (Lipinski definition) is 2. The van der Waals surface area contributed by atoms with Crippen LogP contribution in [0.15, 0.2) is 59.5 Å². The molecule has 1 aliphatic carbocycles. The lowest BCUT2D eigenvalue weighted by molar-refractivity contribution is -0.122. The molecule has 0 radical (unpaired) electrons. The van der Waals surface area contributed by atoms with Crippen LogP contribution in [0.5, 0.6) is 0 Å². The second kappa shape index (κ2) is 6.65. The Hall–Kier alpha value is -2.34. The van der Waals surface area contributed by atoms with Crippen LogP contribution in [0.3, 0.4) is 0 Å². The molecule has 1 saturated carbocycles. The van der Waals surface area contributed by atoms with Gasteiger partial charge in [0.25, 0.3) is 10.0 Å². The number of carbonyl (C=O) groups excluding carboxylic acids is 1. The summed E-state index contributed by atoms with van der Waals surface area (Å²) in [5.41, 5.74) is 1.21. The quantitative estimate of drug-likeness (QED) is 0.846. The number of anilines is 1. The highest BCUT2D eigenvalue weighted by Gasteiger charge is 2.38. The van der Waals surface area contributed by atoms with E-state index in [9.17, 15) is 13.2 Å². The first-order valence-electron chi connectivity index (χ1n) is 7.91. The molecule has 1 fully saturated rings. The van der Waals surface area contributed by atoms with Crippen molar-refractivity contribution in [3.8, 4) is 0 Å². The Morgan fingerprint density at radius 3 is 2.38 bits per heavy atom.